The van der Waals surface area contributed by atoms with Gasteiger partial charge in [0.25, 0.3) is 0 Å². The Hall–Kier alpha value is -0.900. The van der Waals surface area contributed by atoms with Crippen molar-refractivity contribution in [2.75, 3.05) is 18.1 Å². The van der Waals surface area contributed by atoms with E-state index < -0.39 is 0 Å². The number of nitrogens with zero attached hydrogens (tertiary/aromatic N) is 2. The van der Waals surface area contributed by atoms with Crippen molar-refractivity contribution < 1.29 is 0 Å². The molecule has 1 unspecified atom stereocenters. The van der Waals surface area contributed by atoms with E-state index in [9.17, 15) is 0 Å². The van der Waals surface area contributed by atoms with Crippen LogP contribution in [-0.4, -0.2) is 27.6 Å². The van der Waals surface area contributed by atoms with Crippen molar-refractivity contribution in [1.29, 1.82) is 0 Å². The molecule has 0 aliphatic rings. The van der Waals surface area contributed by atoms with E-state index in [0.717, 1.165) is 31.2 Å². The van der Waals surface area contributed by atoms with E-state index in [2.05, 4.69) is 34.6 Å². The summed E-state index contributed by atoms with van der Waals surface area (Å²) in [6.07, 6.45) is 7.23. The molecule has 90 valence electrons. The van der Waals surface area contributed by atoms with Gasteiger partial charge in [-0.25, -0.2) is 4.98 Å². The second kappa shape index (κ2) is 6.63. The molecule has 1 atom stereocenters. The Bertz CT molecular complexity index is 333. The lowest BCUT2D eigenvalue weighted by Crippen LogP contribution is -2.11. The molecule has 0 radical (unpaired) electrons. The zero-order valence-electron chi connectivity index (χ0n) is 10.4. The third kappa shape index (κ3) is 3.93. The average molecular weight is 239 g/mol. The fraction of sp³-hybridized carbons (Fsp3) is 0.583. The van der Waals surface area contributed by atoms with E-state index in [0.29, 0.717) is 5.25 Å². The molecule has 1 heterocycles. The third-order valence-electron chi connectivity index (χ3n) is 2.46. The van der Waals surface area contributed by atoms with E-state index in [1.165, 1.54) is 0 Å². The van der Waals surface area contributed by atoms with Crippen molar-refractivity contribution in [2.24, 2.45) is 0 Å². The van der Waals surface area contributed by atoms with Crippen LogP contribution in [0.5, 0.6) is 0 Å². The Morgan fingerprint density at radius 1 is 1.69 bits per heavy atom. The Morgan fingerprint density at radius 3 is 3.06 bits per heavy atom. The minimum Gasteiger partial charge on any atom is -0.356 e. The summed E-state index contributed by atoms with van der Waals surface area (Å²) in [5.41, 5.74) is 1.04. The van der Waals surface area contributed by atoms with Gasteiger partial charge in [0.15, 0.2) is 0 Å². The Labute approximate surface area is 102 Å². The number of rotatable bonds is 7. The largest absolute Gasteiger partial charge is 0.356 e. The zero-order chi connectivity index (χ0) is 12.0. The highest BCUT2D eigenvalue weighted by Crippen LogP contribution is 2.12. The first-order valence-corrected chi connectivity index (χ1v) is 6.87. The maximum Gasteiger partial charge on any atom is 0.203 e. The first kappa shape index (κ1) is 13.2. The van der Waals surface area contributed by atoms with Crippen LogP contribution in [0.2, 0.25) is 0 Å². The van der Waals surface area contributed by atoms with Crippen LogP contribution in [-0.2, 0) is 6.54 Å². The Balaban J connectivity index is 2.49. The SMILES string of the molecule is C=CCn1cc(C)nc1NCCC(C)SC. The predicted octanol–water partition coefficient (Wildman–Crippen LogP) is 2.93. The molecule has 0 bridgehead atoms. The summed E-state index contributed by atoms with van der Waals surface area (Å²) < 4.78 is 2.09. The lowest BCUT2D eigenvalue weighted by Gasteiger charge is -2.10. The number of aryl methyl sites for hydroxylation is 1. The normalized spacial score (nSPS) is 12.4. The zero-order valence-corrected chi connectivity index (χ0v) is 11.2. The maximum atomic E-state index is 4.45. The Kier molecular flexibility index (Phi) is 5.46. The van der Waals surface area contributed by atoms with Crippen LogP contribution in [0.15, 0.2) is 18.9 Å². The van der Waals surface area contributed by atoms with Gasteiger partial charge >= 0.3 is 0 Å². The summed E-state index contributed by atoms with van der Waals surface area (Å²) in [6.45, 7) is 9.78. The number of nitrogens with one attached hydrogen (secondary N) is 1. The minimum atomic E-state index is 0.691. The predicted molar refractivity (Wildman–Crippen MR) is 73.2 cm³/mol. The van der Waals surface area contributed by atoms with Crippen LogP contribution in [0.25, 0.3) is 0 Å². The fourth-order valence-electron chi connectivity index (χ4n) is 1.47. The van der Waals surface area contributed by atoms with E-state index >= 15 is 0 Å². The molecule has 0 fully saturated rings. The molecule has 16 heavy (non-hydrogen) atoms. The van der Waals surface area contributed by atoms with Gasteiger partial charge in [0.1, 0.15) is 0 Å². The van der Waals surface area contributed by atoms with Gasteiger partial charge in [-0.2, -0.15) is 11.8 Å². The summed E-state index contributed by atoms with van der Waals surface area (Å²) in [5.74, 6) is 0.950. The lowest BCUT2D eigenvalue weighted by molar-refractivity contribution is 0.795. The monoisotopic (exact) mass is 239 g/mol. The number of hydrogen-bond acceptors (Lipinski definition) is 3. The topological polar surface area (TPSA) is 29.9 Å². The van der Waals surface area contributed by atoms with Crippen LogP contribution < -0.4 is 5.32 Å². The Morgan fingerprint density at radius 2 is 2.44 bits per heavy atom. The molecule has 0 saturated heterocycles. The quantitative estimate of drug-likeness (QED) is 0.742. The van der Waals surface area contributed by atoms with E-state index in [1.54, 1.807) is 0 Å². The third-order valence-corrected chi connectivity index (χ3v) is 3.50. The number of aromatic nitrogens is 2. The number of anilines is 1. The second-order valence-corrected chi connectivity index (χ2v) is 5.18. The molecule has 0 saturated carbocycles. The highest BCUT2D eigenvalue weighted by molar-refractivity contribution is 7.99. The first-order chi connectivity index (χ1) is 7.67. The first-order valence-electron chi connectivity index (χ1n) is 5.58. The molecule has 1 aromatic heterocycles. The van der Waals surface area contributed by atoms with Gasteiger partial charge in [-0.3, -0.25) is 0 Å². The average Bonchev–Trinajstić information content (AvgIpc) is 2.59. The second-order valence-electron chi connectivity index (χ2n) is 3.91. The molecule has 0 spiro atoms. The molecule has 0 aromatic carbocycles. The number of hydrogen-bond donors (Lipinski definition) is 1. The van der Waals surface area contributed by atoms with Gasteiger partial charge < -0.3 is 9.88 Å². The number of thioether (sulfide) groups is 1. The molecule has 0 amide bonds. The lowest BCUT2D eigenvalue weighted by atomic mass is 10.3. The molecule has 1 rings (SSSR count). The van der Waals surface area contributed by atoms with Crippen molar-refractivity contribution >= 4 is 17.7 Å². The van der Waals surface area contributed by atoms with Crippen molar-refractivity contribution in [3.8, 4) is 0 Å². The van der Waals surface area contributed by atoms with Crippen LogP contribution in [0.1, 0.15) is 19.0 Å². The summed E-state index contributed by atoms with van der Waals surface area (Å²) >= 11 is 1.90. The van der Waals surface area contributed by atoms with Crippen molar-refractivity contribution in [2.45, 2.75) is 32.1 Å². The standard InChI is InChI=1S/C12H21N3S/c1-5-8-15-9-10(2)14-12(15)13-7-6-11(3)16-4/h5,9,11H,1,6-8H2,2-4H3,(H,13,14). The summed E-state index contributed by atoms with van der Waals surface area (Å²) in [4.78, 5) is 4.45. The van der Waals surface area contributed by atoms with Crippen molar-refractivity contribution in [3.63, 3.8) is 0 Å². The molecular formula is C12H21N3S. The molecule has 1 N–H and O–H groups in total. The molecule has 3 nitrogen and oxygen atoms in total. The smallest absolute Gasteiger partial charge is 0.203 e. The van der Waals surface area contributed by atoms with Gasteiger partial charge in [0.2, 0.25) is 5.95 Å². The van der Waals surface area contributed by atoms with E-state index in [1.807, 2.05) is 31.0 Å². The number of imidazole rings is 1. The van der Waals surface area contributed by atoms with E-state index in [-0.39, 0.29) is 0 Å². The molecule has 4 heteroatoms. The van der Waals surface area contributed by atoms with Crippen LogP contribution >= 0.6 is 11.8 Å². The van der Waals surface area contributed by atoms with Gasteiger partial charge in [-0.1, -0.05) is 13.0 Å². The highest BCUT2D eigenvalue weighted by Gasteiger charge is 2.04. The molecule has 1 aromatic rings. The van der Waals surface area contributed by atoms with Gasteiger partial charge in [-0.15, -0.1) is 6.58 Å². The summed E-state index contributed by atoms with van der Waals surface area (Å²) in [7, 11) is 0. The van der Waals surface area contributed by atoms with Crippen LogP contribution in [0.4, 0.5) is 5.95 Å². The number of allylic oxidation sites excluding steroid dienone is 1. The van der Waals surface area contributed by atoms with Crippen molar-refractivity contribution in [3.05, 3.63) is 24.5 Å². The van der Waals surface area contributed by atoms with Gasteiger partial charge in [-0.05, 0) is 19.6 Å². The highest BCUT2D eigenvalue weighted by atomic mass is 32.2. The van der Waals surface area contributed by atoms with E-state index in [4.69, 9.17) is 0 Å². The molecule has 0 aliphatic carbocycles. The van der Waals surface area contributed by atoms with Crippen LogP contribution in [0, 0.1) is 6.92 Å². The minimum absolute atomic E-state index is 0.691. The fourth-order valence-corrected chi connectivity index (χ4v) is 1.82. The van der Waals surface area contributed by atoms with Gasteiger partial charge in [0.05, 0.1) is 5.69 Å². The summed E-state index contributed by atoms with van der Waals surface area (Å²) in [6, 6.07) is 0. The van der Waals surface area contributed by atoms with Crippen LogP contribution in [0.3, 0.4) is 0 Å². The van der Waals surface area contributed by atoms with Gasteiger partial charge in [0, 0.05) is 24.5 Å². The van der Waals surface area contributed by atoms with Crippen molar-refractivity contribution in [1.82, 2.24) is 9.55 Å². The maximum absolute atomic E-state index is 4.45. The molecular weight excluding hydrogens is 218 g/mol. The molecule has 0 aliphatic heterocycles. The summed E-state index contributed by atoms with van der Waals surface area (Å²) in [5, 5.41) is 4.07.